The maximum Gasteiger partial charge on any atom is 0.255 e. The number of rotatable bonds is 5. The van der Waals surface area contributed by atoms with E-state index in [2.05, 4.69) is 22.3 Å². The van der Waals surface area contributed by atoms with Crippen molar-refractivity contribution in [2.24, 2.45) is 0 Å². The molecule has 1 amide bonds. The van der Waals surface area contributed by atoms with Crippen LogP contribution < -0.4 is 10.2 Å². The predicted octanol–water partition coefficient (Wildman–Crippen LogP) is 2.73. The monoisotopic (exact) mass is 347 g/mol. The zero-order valence-electron chi connectivity index (χ0n) is 13.6. The number of hydrogen-bond donors (Lipinski definition) is 1. The highest BCUT2D eigenvalue weighted by Crippen LogP contribution is 2.26. The van der Waals surface area contributed by atoms with E-state index in [9.17, 15) is 4.79 Å². The Hall–Kier alpha value is -0.970. The van der Waals surface area contributed by atoms with E-state index < -0.39 is 0 Å². The second-order valence-corrected chi connectivity index (χ2v) is 5.55. The van der Waals surface area contributed by atoms with Crippen molar-refractivity contribution < 1.29 is 4.79 Å². The molecule has 1 aliphatic heterocycles. The molecule has 0 spiro atoms. The minimum absolute atomic E-state index is 0. The summed E-state index contributed by atoms with van der Waals surface area (Å²) in [6.07, 6.45) is 2.44. The largest absolute Gasteiger partial charge is 0.371 e. The Morgan fingerprint density at radius 1 is 1.27 bits per heavy atom. The normalized spacial score (nSPS) is 13.3. The summed E-state index contributed by atoms with van der Waals surface area (Å²) >= 11 is 0. The van der Waals surface area contributed by atoms with E-state index in [1.807, 2.05) is 27.1 Å². The number of benzene rings is 1. The van der Waals surface area contributed by atoms with E-state index in [0.717, 1.165) is 43.0 Å². The van der Waals surface area contributed by atoms with Gasteiger partial charge < -0.3 is 15.1 Å². The Balaban J connectivity index is 0.00000220. The molecule has 0 unspecified atom stereocenters. The molecule has 0 saturated carbocycles. The van der Waals surface area contributed by atoms with Gasteiger partial charge in [0.15, 0.2) is 0 Å². The van der Waals surface area contributed by atoms with Gasteiger partial charge in [0.2, 0.25) is 0 Å². The van der Waals surface area contributed by atoms with Gasteiger partial charge in [-0.1, -0.05) is 11.6 Å². The molecule has 0 atom stereocenters. The van der Waals surface area contributed by atoms with Crippen LogP contribution in [0.5, 0.6) is 0 Å². The van der Waals surface area contributed by atoms with Crippen LogP contribution in [0.25, 0.3) is 0 Å². The van der Waals surface area contributed by atoms with Crippen LogP contribution in [0.3, 0.4) is 0 Å². The lowest BCUT2D eigenvalue weighted by molar-refractivity contribution is 0.0797. The molecule has 1 saturated heterocycles. The van der Waals surface area contributed by atoms with Gasteiger partial charge in [0.05, 0.1) is 5.56 Å². The van der Waals surface area contributed by atoms with Gasteiger partial charge in [-0.25, -0.2) is 0 Å². The zero-order valence-corrected chi connectivity index (χ0v) is 15.2. The van der Waals surface area contributed by atoms with Crippen LogP contribution in [0.1, 0.15) is 28.8 Å². The molecule has 6 heteroatoms. The second-order valence-electron chi connectivity index (χ2n) is 5.55. The summed E-state index contributed by atoms with van der Waals surface area (Å²) in [7, 11) is 3.77. The third-order valence-corrected chi connectivity index (χ3v) is 3.87. The van der Waals surface area contributed by atoms with Gasteiger partial charge in [0.1, 0.15) is 0 Å². The molecule has 0 aliphatic carbocycles. The third kappa shape index (κ3) is 5.04. The van der Waals surface area contributed by atoms with Gasteiger partial charge >= 0.3 is 0 Å². The molecule has 2 rings (SSSR count). The van der Waals surface area contributed by atoms with Crippen molar-refractivity contribution in [1.82, 2.24) is 10.2 Å². The average molecular weight is 348 g/mol. The summed E-state index contributed by atoms with van der Waals surface area (Å²) in [6, 6.07) is 6.21. The molecule has 0 radical (unpaired) electrons. The molecule has 1 fully saturated rings. The fourth-order valence-corrected chi connectivity index (χ4v) is 2.64. The molecule has 22 heavy (non-hydrogen) atoms. The van der Waals surface area contributed by atoms with Crippen LogP contribution in [0, 0.1) is 6.92 Å². The molecule has 1 aromatic carbocycles. The molecular weight excluding hydrogens is 321 g/mol. The Bertz CT molecular complexity index is 476. The van der Waals surface area contributed by atoms with Crippen molar-refractivity contribution in [2.75, 3.05) is 45.2 Å². The number of amides is 1. The molecule has 0 aromatic heterocycles. The number of hydrogen-bond acceptors (Lipinski definition) is 3. The number of carbonyl (C=O) groups excluding carboxylic acids is 1. The van der Waals surface area contributed by atoms with E-state index in [0.29, 0.717) is 0 Å². The van der Waals surface area contributed by atoms with E-state index in [4.69, 9.17) is 0 Å². The van der Waals surface area contributed by atoms with Gasteiger partial charge in [-0.2, -0.15) is 0 Å². The van der Waals surface area contributed by atoms with E-state index >= 15 is 0 Å². The van der Waals surface area contributed by atoms with Crippen molar-refractivity contribution in [3.63, 3.8) is 0 Å². The van der Waals surface area contributed by atoms with Crippen molar-refractivity contribution in [3.8, 4) is 0 Å². The third-order valence-electron chi connectivity index (χ3n) is 3.87. The van der Waals surface area contributed by atoms with E-state index in [1.165, 1.54) is 12.8 Å². The number of carbonyl (C=O) groups is 1. The highest BCUT2D eigenvalue weighted by molar-refractivity contribution is 6.00. The van der Waals surface area contributed by atoms with Crippen molar-refractivity contribution in [1.29, 1.82) is 0 Å². The van der Waals surface area contributed by atoms with Crippen molar-refractivity contribution in [3.05, 3.63) is 29.3 Å². The van der Waals surface area contributed by atoms with Gasteiger partial charge in [-0.15, -0.1) is 24.8 Å². The van der Waals surface area contributed by atoms with Crippen LogP contribution in [0.15, 0.2) is 18.2 Å². The first-order valence-corrected chi connectivity index (χ1v) is 7.39. The second kappa shape index (κ2) is 9.93. The SMILES string of the molecule is CNCCN(C)C(=O)c1cc(C)ccc1N1CCCC1.Cl.Cl. The van der Waals surface area contributed by atoms with Gasteiger partial charge in [-0.05, 0) is 38.9 Å². The van der Waals surface area contributed by atoms with Crippen LogP contribution in [0.4, 0.5) is 5.69 Å². The maximum absolute atomic E-state index is 12.7. The summed E-state index contributed by atoms with van der Waals surface area (Å²) in [5.41, 5.74) is 3.07. The first-order valence-electron chi connectivity index (χ1n) is 7.39. The molecule has 4 nitrogen and oxygen atoms in total. The first-order chi connectivity index (χ1) is 9.63. The Labute approximate surface area is 146 Å². The average Bonchev–Trinajstić information content (AvgIpc) is 2.97. The lowest BCUT2D eigenvalue weighted by atomic mass is 10.1. The topological polar surface area (TPSA) is 35.6 Å². The highest BCUT2D eigenvalue weighted by atomic mass is 35.5. The highest BCUT2D eigenvalue weighted by Gasteiger charge is 2.21. The van der Waals surface area contributed by atoms with E-state index in [1.54, 1.807) is 4.90 Å². The minimum atomic E-state index is 0. The molecular formula is C16H27Cl2N3O. The van der Waals surface area contributed by atoms with Crippen LogP contribution in [-0.2, 0) is 0 Å². The Morgan fingerprint density at radius 3 is 2.50 bits per heavy atom. The lowest BCUT2D eigenvalue weighted by Crippen LogP contribution is -2.34. The van der Waals surface area contributed by atoms with E-state index in [-0.39, 0.29) is 30.7 Å². The van der Waals surface area contributed by atoms with Crippen molar-refractivity contribution >= 4 is 36.4 Å². The summed E-state index contributed by atoms with van der Waals surface area (Å²) in [5, 5.41) is 3.08. The molecule has 126 valence electrons. The van der Waals surface area contributed by atoms with Gasteiger partial charge in [0.25, 0.3) is 5.91 Å². The van der Waals surface area contributed by atoms with Gasteiger partial charge in [-0.3, -0.25) is 4.79 Å². The predicted molar refractivity (Wildman–Crippen MR) is 98.0 cm³/mol. The summed E-state index contributed by atoms with van der Waals surface area (Å²) < 4.78 is 0. The lowest BCUT2D eigenvalue weighted by Gasteiger charge is -2.24. The standard InChI is InChI=1S/C16H25N3O.2ClH/c1-13-6-7-15(19-9-4-5-10-19)14(12-13)16(20)18(3)11-8-17-2;;/h6-7,12,17H,4-5,8-11H2,1-3H3;2*1H. The Morgan fingerprint density at radius 2 is 1.91 bits per heavy atom. The molecule has 1 aliphatic rings. The number of halogens is 2. The number of nitrogens with zero attached hydrogens (tertiary/aromatic N) is 2. The number of anilines is 1. The van der Waals surface area contributed by atoms with Crippen LogP contribution in [0.2, 0.25) is 0 Å². The molecule has 1 heterocycles. The summed E-state index contributed by atoms with van der Waals surface area (Å²) in [6.45, 7) is 5.70. The zero-order chi connectivity index (χ0) is 14.5. The molecule has 1 N–H and O–H groups in total. The molecule has 0 bridgehead atoms. The van der Waals surface area contributed by atoms with Crippen LogP contribution in [-0.4, -0.2) is 51.1 Å². The summed E-state index contributed by atoms with van der Waals surface area (Å²) in [4.78, 5) is 16.8. The van der Waals surface area contributed by atoms with Crippen LogP contribution >= 0.6 is 24.8 Å². The van der Waals surface area contributed by atoms with Gasteiger partial charge in [0, 0.05) is 38.9 Å². The number of likely N-dealkylation sites (N-methyl/N-ethyl adjacent to an activating group) is 2. The quantitative estimate of drug-likeness (QED) is 0.889. The smallest absolute Gasteiger partial charge is 0.255 e. The minimum Gasteiger partial charge on any atom is -0.371 e. The number of aryl methyl sites for hydroxylation is 1. The fourth-order valence-electron chi connectivity index (χ4n) is 2.64. The Kier molecular flexibility index (Phi) is 9.49. The number of nitrogens with one attached hydrogen (secondary N) is 1. The first kappa shape index (κ1) is 21.0. The fraction of sp³-hybridized carbons (Fsp3) is 0.562. The van der Waals surface area contributed by atoms with Crippen molar-refractivity contribution in [2.45, 2.75) is 19.8 Å². The maximum atomic E-state index is 12.7. The molecule has 1 aromatic rings. The summed E-state index contributed by atoms with van der Waals surface area (Å²) in [5.74, 6) is 0.117.